The maximum atomic E-state index is 10.9. The van der Waals surface area contributed by atoms with E-state index in [1.807, 2.05) is 7.05 Å². The predicted octanol–water partition coefficient (Wildman–Crippen LogP) is 0.602. The third-order valence-electron chi connectivity index (χ3n) is 2.20. The highest BCUT2D eigenvalue weighted by Crippen LogP contribution is 2.09. The molecule has 0 radical (unpaired) electrons. The minimum absolute atomic E-state index is 0.113. The number of hydrogen-bond acceptors (Lipinski definition) is 4. The molecule has 5 heteroatoms. The molecule has 0 aliphatic carbocycles. The Morgan fingerprint density at radius 2 is 2.40 bits per heavy atom. The van der Waals surface area contributed by atoms with Gasteiger partial charge in [0.15, 0.2) is 0 Å². The maximum Gasteiger partial charge on any atom is 0.235 e. The van der Waals surface area contributed by atoms with E-state index in [2.05, 4.69) is 27.8 Å². The van der Waals surface area contributed by atoms with Gasteiger partial charge in [0.2, 0.25) is 5.91 Å². The topological polar surface area (TPSA) is 58.4 Å². The van der Waals surface area contributed by atoms with Crippen molar-refractivity contribution in [3.63, 3.8) is 0 Å². The van der Waals surface area contributed by atoms with Gasteiger partial charge in [0, 0.05) is 24.4 Å². The van der Waals surface area contributed by atoms with Gasteiger partial charge >= 0.3 is 0 Å². The molecule has 1 aromatic heterocycles. The summed E-state index contributed by atoms with van der Waals surface area (Å²) >= 11 is 1.77. The summed E-state index contributed by atoms with van der Waals surface area (Å²) in [4.78, 5) is 14.4. The number of hydrogen-bond donors (Lipinski definition) is 2. The highest BCUT2D eigenvalue weighted by Gasteiger charge is 2.03. The first-order valence-corrected chi connectivity index (χ1v) is 5.80. The molecule has 1 amide bonds. The Bertz CT molecular complexity index is 287. The lowest BCUT2D eigenvalue weighted by Gasteiger charge is -2.15. The SMILES string of the molecule is CN(CCC(=O)NN)CCc1cccs1. The molecule has 84 valence electrons. The molecule has 0 aromatic carbocycles. The molecule has 4 nitrogen and oxygen atoms in total. The summed E-state index contributed by atoms with van der Waals surface area (Å²) in [5.41, 5.74) is 2.13. The number of thiophene rings is 1. The van der Waals surface area contributed by atoms with Crippen LogP contribution in [0, 0.1) is 0 Å². The fourth-order valence-electron chi connectivity index (χ4n) is 1.23. The molecule has 0 spiro atoms. The lowest BCUT2D eigenvalue weighted by molar-refractivity contribution is -0.121. The molecule has 0 unspecified atom stereocenters. The fourth-order valence-corrected chi connectivity index (χ4v) is 1.93. The lowest BCUT2D eigenvalue weighted by atomic mass is 10.3. The summed E-state index contributed by atoms with van der Waals surface area (Å²) in [6.07, 6.45) is 1.50. The first-order valence-electron chi connectivity index (χ1n) is 4.92. The number of likely N-dealkylation sites (N-methyl/N-ethyl adjacent to an activating group) is 1. The minimum atomic E-state index is -0.113. The molecule has 0 aliphatic heterocycles. The van der Waals surface area contributed by atoms with Gasteiger partial charge in [-0.1, -0.05) is 6.07 Å². The van der Waals surface area contributed by atoms with Crippen LogP contribution in [0.25, 0.3) is 0 Å². The summed E-state index contributed by atoms with van der Waals surface area (Å²) in [6.45, 7) is 1.72. The number of nitrogens with one attached hydrogen (secondary N) is 1. The third-order valence-corrected chi connectivity index (χ3v) is 3.14. The van der Waals surface area contributed by atoms with Crippen LogP contribution in [0.1, 0.15) is 11.3 Å². The molecule has 0 saturated heterocycles. The van der Waals surface area contributed by atoms with E-state index < -0.39 is 0 Å². The molecular formula is C10H17N3OS. The van der Waals surface area contributed by atoms with Crippen LogP contribution in [0.15, 0.2) is 17.5 Å². The van der Waals surface area contributed by atoms with Gasteiger partial charge in [0.25, 0.3) is 0 Å². The van der Waals surface area contributed by atoms with E-state index in [1.165, 1.54) is 4.88 Å². The van der Waals surface area contributed by atoms with Crippen LogP contribution in [-0.4, -0.2) is 30.9 Å². The van der Waals surface area contributed by atoms with E-state index in [9.17, 15) is 4.79 Å². The van der Waals surface area contributed by atoms with Crippen LogP contribution in [0.5, 0.6) is 0 Å². The monoisotopic (exact) mass is 227 g/mol. The predicted molar refractivity (Wildman–Crippen MR) is 62.5 cm³/mol. The Hall–Kier alpha value is -0.910. The van der Waals surface area contributed by atoms with Crippen molar-refractivity contribution in [2.24, 2.45) is 5.84 Å². The molecule has 0 atom stereocenters. The Morgan fingerprint density at radius 1 is 1.60 bits per heavy atom. The summed E-state index contributed by atoms with van der Waals surface area (Å²) in [6, 6.07) is 4.19. The number of nitrogens with zero attached hydrogens (tertiary/aromatic N) is 1. The van der Waals surface area contributed by atoms with Crippen LogP contribution in [0.4, 0.5) is 0 Å². The minimum Gasteiger partial charge on any atom is -0.305 e. The Morgan fingerprint density at radius 3 is 3.00 bits per heavy atom. The zero-order valence-corrected chi connectivity index (χ0v) is 9.72. The molecule has 3 N–H and O–H groups in total. The van der Waals surface area contributed by atoms with E-state index in [1.54, 1.807) is 11.3 Å². The highest BCUT2D eigenvalue weighted by molar-refractivity contribution is 7.09. The van der Waals surface area contributed by atoms with Crippen molar-refractivity contribution in [3.05, 3.63) is 22.4 Å². The zero-order chi connectivity index (χ0) is 11.1. The van der Waals surface area contributed by atoms with Gasteiger partial charge in [-0.25, -0.2) is 5.84 Å². The second-order valence-electron chi connectivity index (χ2n) is 3.45. The summed E-state index contributed by atoms with van der Waals surface area (Å²) in [5, 5.41) is 2.08. The molecular weight excluding hydrogens is 210 g/mol. The fraction of sp³-hybridized carbons (Fsp3) is 0.500. The van der Waals surface area contributed by atoms with E-state index in [0.717, 1.165) is 19.5 Å². The van der Waals surface area contributed by atoms with Gasteiger partial charge in [-0.15, -0.1) is 11.3 Å². The second kappa shape index (κ2) is 6.55. The van der Waals surface area contributed by atoms with Crippen LogP contribution in [0.3, 0.4) is 0 Å². The third kappa shape index (κ3) is 4.92. The van der Waals surface area contributed by atoms with E-state index >= 15 is 0 Å². The molecule has 1 rings (SSSR count). The van der Waals surface area contributed by atoms with Crippen molar-refractivity contribution in [1.82, 2.24) is 10.3 Å². The van der Waals surface area contributed by atoms with Crippen molar-refractivity contribution in [2.45, 2.75) is 12.8 Å². The summed E-state index contributed by atoms with van der Waals surface area (Å²) in [7, 11) is 2.01. The number of amides is 1. The molecule has 0 bridgehead atoms. The van der Waals surface area contributed by atoms with Gasteiger partial charge in [0.1, 0.15) is 0 Å². The molecule has 1 aromatic rings. The largest absolute Gasteiger partial charge is 0.305 e. The normalized spacial score (nSPS) is 10.6. The molecule has 1 heterocycles. The van der Waals surface area contributed by atoms with Gasteiger partial charge in [0.05, 0.1) is 0 Å². The van der Waals surface area contributed by atoms with Crippen LogP contribution in [0.2, 0.25) is 0 Å². The Labute approximate surface area is 94.0 Å². The molecule has 15 heavy (non-hydrogen) atoms. The zero-order valence-electron chi connectivity index (χ0n) is 8.90. The van der Waals surface area contributed by atoms with Crippen LogP contribution in [-0.2, 0) is 11.2 Å². The van der Waals surface area contributed by atoms with Crippen LogP contribution >= 0.6 is 11.3 Å². The highest BCUT2D eigenvalue weighted by atomic mass is 32.1. The maximum absolute atomic E-state index is 10.9. The van der Waals surface area contributed by atoms with Gasteiger partial charge < -0.3 is 4.90 Å². The molecule has 0 aliphatic rings. The van der Waals surface area contributed by atoms with Crippen molar-refractivity contribution < 1.29 is 4.79 Å². The van der Waals surface area contributed by atoms with E-state index in [-0.39, 0.29) is 5.91 Å². The van der Waals surface area contributed by atoms with Crippen LogP contribution < -0.4 is 11.3 Å². The smallest absolute Gasteiger partial charge is 0.235 e. The molecule has 0 saturated carbocycles. The number of nitrogens with two attached hydrogens (primary N) is 1. The van der Waals surface area contributed by atoms with Crippen molar-refractivity contribution >= 4 is 17.2 Å². The van der Waals surface area contributed by atoms with Gasteiger partial charge in [-0.2, -0.15) is 0 Å². The van der Waals surface area contributed by atoms with Crippen molar-refractivity contribution in [2.75, 3.05) is 20.1 Å². The van der Waals surface area contributed by atoms with E-state index in [4.69, 9.17) is 5.84 Å². The number of hydrazine groups is 1. The first-order chi connectivity index (χ1) is 7.22. The second-order valence-corrected chi connectivity index (χ2v) is 4.48. The number of carbonyl (C=O) groups excluding carboxylic acids is 1. The standard InChI is InChI=1S/C10H17N3OS/c1-13(7-5-10(14)12-11)6-4-9-3-2-8-15-9/h2-3,8H,4-7,11H2,1H3,(H,12,14). The Balaban J connectivity index is 2.13. The first kappa shape index (κ1) is 12.2. The lowest BCUT2D eigenvalue weighted by Crippen LogP contribution is -2.33. The number of rotatable bonds is 6. The molecule has 0 fully saturated rings. The average molecular weight is 227 g/mol. The van der Waals surface area contributed by atoms with Gasteiger partial charge in [-0.05, 0) is 24.9 Å². The van der Waals surface area contributed by atoms with Gasteiger partial charge in [-0.3, -0.25) is 10.2 Å². The summed E-state index contributed by atoms with van der Waals surface area (Å²) < 4.78 is 0. The van der Waals surface area contributed by atoms with Crippen molar-refractivity contribution in [1.29, 1.82) is 0 Å². The average Bonchev–Trinajstić information content (AvgIpc) is 2.75. The Kier molecular flexibility index (Phi) is 5.31. The van der Waals surface area contributed by atoms with E-state index in [0.29, 0.717) is 6.42 Å². The van der Waals surface area contributed by atoms with Crippen molar-refractivity contribution in [3.8, 4) is 0 Å². The number of carbonyl (C=O) groups is 1. The quantitative estimate of drug-likeness (QED) is 0.425. The summed E-state index contributed by atoms with van der Waals surface area (Å²) in [5.74, 6) is 4.88.